The minimum atomic E-state index is -0.357. The Morgan fingerprint density at radius 1 is 1.18 bits per heavy atom. The Bertz CT molecular complexity index is 640. The second kappa shape index (κ2) is 3.78. The number of benzene rings is 1. The summed E-state index contributed by atoms with van der Waals surface area (Å²) in [6.07, 6.45) is 1.69. The van der Waals surface area contributed by atoms with Gasteiger partial charge in [0.15, 0.2) is 0 Å². The van der Waals surface area contributed by atoms with Crippen LogP contribution in [0.15, 0.2) is 36.5 Å². The van der Waals surface area contributed by atoms with E-state index in [2.05, 4.69) is 9.97 Å². The van der Waals surface area contributed by atoms with E-state index < -0.39 is 0 Å². The summed E-state index contributed by atoms with van der Waals surface area (Å²) in [6, 6.07) is 8.28. The standard InChI is InChI=1S/C12H8FN3S/c13-7-3-1-4-8(14)10(7)12-16-9-5-2-6-15-11(9)17-12/h1-6H,14H2. The van der Waals surface area contributed by atoms with Crippen LogP contribution in [0.3, 0.4) is 0 Å². The van der Waals surface area contributed by atoms with Crippen molar-refractivity contribution in [3.05, 3.63) is 42.3 Å². The molecule has 3 rings (SSSR count). The van der Waals surface area contributed by atoms with E-state index in [0.29, 0.717) is 16.3 Å². The molecule has 0 aliphatic carbocycles. The van der Waals surface area contributed by atoms with Crippen molar-refractivity contribution in [1.82, 2.24) is 9.97 Å². The molecule has 1 aromatic carbocycles. The molecule has 0 saturated carbocycles. The number of hydrogen-bond acceptors (Lipinski definition) is 4. The number of nitrogens with zero attached hydrogens (tertiary/aromatic N) is 2. The molecule has 0 radical (unpaired) electrons. The number of aromatic nitrogens is 2. The number of rotatable bonds is 1. The van der Waals surface area contributed by atoms with Crippen molar-refractivity contribution >= 4 is 27.4 Å². The van der Waals surface area contributed by atoms with Gasteiger partial charge in [-0.05, 0) is 24.3 Å². The zero-order chi connectivity index (χ0) is 11.8. The summed E-state index contributed by atoms with van der Waals surface area (Å²) >= 11 is 1.34. The second-order valence-electron chi connectivity index (χ2n) is 3.55. The van der Waals surface area contributed by atoms with Crippen LogP contribution in [0.5, 0.6) is 0 Å². The lowest BCUT2D eigenvalue weighted by atomic mass is 10.2. The lowest BCUT2D eigenvalue weighted by molar-refractivity contribution is 0.632. The lowest BCUT2D eigenvalue weighted by Gasteiger charge is -2.02. The SMILES string of the molecule is Nc1cccc(F)c1-c1nc2cccnc2s1. The van der Waals surface area contributed by atoms with Gasteiger partial charge in [0.05, 0.1) is 5.56 Å². The maximum Gasteiger partial charge on any atom is 0.143 e. The highest BCUT2D eigenvalue weighted by molar-refractivity contribution is 7.21. The summed E-state index contributed by atoms with van der Waals surface area (Å²) in [5, 5.41) is 0.564. The molecular formula is C12H8FN3S. The van der Waals surface area contributed by atoms with Gasteiger partial charge in [-0.15, -0.1) is 0 Å². The first-order valence-electron chi connectivity index (χ1n) is 5.01. The zero-order valence-corrected chi connectivity index (χ0v) is 9.54. The molecule has 0 atom stereocenters. The van der Waals surface area contributed by atoms with Crippen molar-refractivity contribution in [2.45, 2.75) is 0 Å². The molecule has 17 heavy (non-hydrogen) atoms. The van der Waals surface area contributed by atoms with Crippen LogP contribution >= 0.6 is 11.3 Å². The summed E-state index contributed by atoms with van der Waals surface area (Å²) in [6.45, 7) is 0. The van der Waals surface area contributed by atoms with E-state index in [-0.39, 0.29) is 5.82 Å². The Labute approximate surface area is 101 Å². The molecule has 0 aliphatic heterocycles. The van der Waals surface area contributed by atoms with Crippen LogP contribution < -0.4 is 5.73 Å². The first-order valence-corrected chi connectivity index (χ1v) is 5.83. The fourth-order valence-corrected chi connectivity index (χ4v) is 2.62. The highest BCUT2D eigenvalue weighted by Gasteiger charge is 2.13. The molecule has 2 heterocycles. The summed E-state index contributed by atoms with van der Waals surface area (Å²) in [4.78, 5) is 9.30. The molecule has 0 bridgehead atoms. The van der Waals surface area contributed by atoms with E-state index in [4.69, 9.17) is 5.73 Å². The Hall–Kier alpha value is -2.01. The minimum absolute atomic E-state index is 0.357. The van der Waals surface area contributed by atoms with Gasteiger partial charge in [0.2, 0.25) is 0 Å². The normalized spacial score (nSPS) is 10.9. The summed E-state index contributed by atoms with van der Waals surface area (Å²) in [7, 11) is 0. The monoisotopic (exact) mass is 245 g/mol. The lowest BCUT2D eigenvalue weighted by Crippen LogP contribution is -1.92. The van der Waals surface area contributed by atoms with Crippen LogP contribution in [0.25, 0.3) is 20.9 Å². The molecule has 0 amide bonds. The highest BCUT2D eigenvalue weighted by atomic mass is 32.1. The maximum absolute atomic E-state index is 13.7. The molecule has 5 heteroatoms. The number of thiazole rings is 1. The number of pyridine rings is 1. The van der Waals surface area contributed by atoms with E-state index >= 15 is 0 Å². The van der Waals surface area contributed by atoms with Gasteiger partial charge in [0.25, 0.3) is 0 Å². The van der Waals surface area contributed by atoms with Crippen molar-refractivity contribution in [2.24, 2.45) is 0 Å². The number of anilines is 1. The van der Waals surface area contributed by atoms with E-state index in [1.54, 1.807) is 24.4 Å². The van der Waals surface area contributed by atoms with Crippen LogP contribution in [0.1, 0.15) is 0 Å². The van der Waals surface area contributed by atoms with Gasteiger partial charge in [0.1, 0.15) is 21.2 Å². The molecule has 0 aliphatic rings. The van der Waals surface area contributed by atoms with Gasteiger partial charge in [-0.1, -0.05) is 17.4 Å². The molecule has 3 nitrogen and oxygen atoms in total. The van der Waals surface area contributed by atoms with Crippen LogP contribution in [0, 0.1) is 5.82 Å². The fraction of sp³-hybridized carbons (Fsp3) is 0. The zero-order valence-electron chi connectivity index (χ0n) is 8.72. The third-order valence-corrected chi connectivity index (χ3v) is 3.42. The molecule has 2 N–H and O–H groups in total. The Morgan fingerprint density at radius 3 is 2.82 bits per heavy atom. The number of fused-ring (bicyclic) bond motifs is 1. The van der Waals surface area contributed by atoms with Crippen molar-refractivity contribution in [3.63, 3.8) is 0 Å². The van der Waals surface area contributed by atoms with Gasteiger partial charge in [-0.2, -0.15) is 0 Å². The maximum atomic E-state index is 13.7. The van der Waals surface area contributed by atoms with Gasteiger partial charge in [-0.25, -0.2) is 14.4 Å². The smallest absolute Gasteiger partial charge is 0.143 e. The van der Waals surface area contributed by atoms with Crippen LogP contribution in [-0.4, -0.2) is 9.97 Å². The molecule has 0 saturated heterocycles. The second-order valence-corrected chi connectivity index (χ2v) is 4.53. The largest absolute Gasteiger partial charge is 0.398 e. The number of nitrogen functional groups attached to an aromatic ring is 1. The minimum Gasteiger partial charge on any atom is -0.398 e. The van der Waals surface area contributed by atoms with Gasteiger partial charge in [-0.3, -0.25) is 0 Å². The molecule has 2 aromatic heterocycles. The Morgan fingerprint density at radius 2 is 2.06 bits per heavy atom. The van der Waals surface area contributed by atoms with E-state index in [1.807, 2.05) is 6.07 Å². The van der Waals surface area contributed by atoms with Crippen LogP contribution in [0.2, 0.25) is 0 Å². The molecule has 0 spiro atoms. The highest BCUT2D eigenvalue weighted by Crippen LogP contribution is 2.33. The molecule has 84 valence electrons. The van der Waals surface area contributed by atoms with E-state index in [0.717, 1.165) is 10.3 Å². The molecule has 3 aromatic rings. The van der Waals surface area contributed by atoms with Crippen molar-refractivity contribution in [1.29, 1.82) is 0 Å². The van der Waals surface area contributed by atoms with Gasteiger partial charge < -0.3 is 5.73 Å². The topological polar surface area (TPSA) is 51.8 Å². The van der Waals surface area contributed by atoms with Gasteiger partial charge in [0, 0.05) is 11.9 Å². The van der Waals surface area contributed by atoms with Crippen LogP contribution in [-0.2, 0) is 0 Å². The average molecular weight is 245 g/mol. The van der Waals surface area contributed by atoms with Crippen LogP contribution in [0.4, 0.5) is 10.1 Å². The van der Waals surface area contributed by atoms with Crippen molar-refractivity contribution in [2.75, 3.05) is 5.73 Å². The molecule has 0 unspecified atom stereocenters. The van der Waals surface area contributed by atoms with Gasteiger partial charge >= 0.3 is 0 Å². The molecule has 0 fully saturated rings. The predicted molar refractivity (Wildman–Crippen MR) is 67.2 cm³/mol. The quantitative estimate of drug-likeness (QED) is 0.670. The molecular weight excluding hydrogens is 237 g/mol. The summed E-state index contributed by atoms with van der Waals surface area (Å²) < 4.78 is 13.7. The summed E-state index contributed by atoms with van der Waals surface area (Å²) in [5.41, 5.74) is 7.29. The number of nitrogens with two attached hydrogens (primary N) is 1. The summed E-state index contributed by atoms with van der Waals surface area (Å²) in [5.74, 6) is -0.357. The predicted octanol–water partition coefficient (Wildman–Crippen LogP) is 3.08. The third kappa shape index (κ3) is 1.64. The number of halogens is 1. The Kier molecular flexibility index (Phi) is 2.26. The number of hydrogen-bond donors (Lipinski definition) is 1. The first kappa shape index (κ1) is 10.2. The van der Waals surface area contributed by atoms with E-state index in [1.165, 1.54) is 17.4 Å². The van der Waals surface area contributed by atoms with E-state index in [9.17, 15) is 4.39 Å². The third-order valence-electron chi connectivity index (χ3n) is 2.43. The average Bonchev–Trinajstić information content (AvgIpc) is 2.71. The Balaban J connectivity index is 2.27. The van der Waals surface area contributed by atoms with Crippen molar-refractivity contribution < 1.29 is 4.39 Å². The van der Waals surface area contributed by atoms with Crippen molar-refractivity contribution in [3.8, 4) is 10.6 Å². The fourth-order valence-electron chi connectivity index (χ4n) is 1.64. The first-order chi connectivity index (χ1) is 8.25.